The standard InChI is InChI=1S/C9H15NO2/c1-6(2)9(11)5-8-4-7(3)10-12-8/h4,6,9,11H,5H2,1-3H3. The molecule has 68 valence electrons. The van der Waals surface area contributed by atoms with Crippen molar-refractivity contribution in [1.82, 2.24) is 5.16 Å². The Labute approximate surface area is 72.4 Å². The third kappa shape index (κ3) is 2.34. The summed E-state index contributed by atoms with van der Waals surface area (Å²) in [4.78, 5) is 0. The van der Waals surface area contributed by atoms with Gasteiger partial charge in [-0.1, -0.05) is 19.0 Å². The first kappa shape index (κ1) is 9.26. The van der Waals surface area contributed by atoms with Crippen LogP contribution in [-0.4, -0.2) is 16.4 Å². The van der Waals surface area contributed by atoms with Crippen LogP contribution in [0.4, 0.5) is 0 Å². The molecule has 3 heteroatoms. The molecule has 0 saturated carbocycles. The Hall–Kier alpha value is -0.830. The summed E-state index contributed by atoms with van der Waals surface area (Å²) in [6.07, 6.45) is 0.218. The van der Waals surface area contributed by atoms with Crippen LogP contribution in [0.5, 0.6) is 0 Å². The third-order valence-electron chi connectivity index (χ3n) is 1.86. The predicted molar refractivity (Wildman–Crippen MR) is 45.8 cm³/mol. The van der Waals surface area contributed by atoms with Gasteiger partial charge in [-0.25, -0.2) is 0 Å². The molecule has 1 heterocycles. The lowest BCUT2D eigenvalue weighted by Crippen LogP contribution is -2.17. The first-order chi connectivity index (χ1) is 5.59. The lowest BCUT2D eigenvalue weighted by molar-refractivity contribution is 0.117. The maximum absolute atomic E-state index is 9.50. The van der Waals surface area contributed by atoms with Crippen molar-refractivity contribution in [2.24, 2.45) is 5.92 Å². The van der Waals surface area contributed by atoms with Crippen molar-refractivity contribution in [3.8, 4) is 0 Å². The highest BCUT2D eigenvalue weighted by molar-refractivity contribution is 5.04. The van der Waals surface area contributed by atoms with Gasteiger partial charge in [-0.2, -0.15) is 0 Å². The maximum atomic E-state index is 9.50. The van der Waals surface area contributed by atoms with Crippen molar-refractivity contribution in [2.75, 3.05) is 0 Å². The molecule has 0 radical (unpaired) electrons. The second-order valence-electron chi connectivity index (χ2n) is 3.45. The monoisotopic (exact) mass is 169 g/mol. The average Bonchev–Trinajstić information content (AvgIpc) is 2.35. The molecule has 0 spiro atoms. The van der Waals surface area contributed by atoms with Crippen molar-refractivity contribution >= 4 is 0 Å². The Bertz CT molecular complexity index is 242. The quantitative estimate of drug-likeness (QED) is 0.746. The molecule has 0 fully saturated rings. The Morgan fingerprint density at radius 2 is 2.25 bits per heavy atom. The Kier molecular flexibility index (Phi) is 2.87. The van der Waals surface area contributed by atoms with Gasteiger partial charge in [-0.3, -0.25) is 0 Å². The number of hydrogen-bond acceptors (Lipinski definition) is 3. The third-order valence-corrected chi connectivity index (χ3v) is 1.86. The van der Waals surface area contributed by atoms with Crippen molar-refractivity contribution in [3.63, 3.8) is 0 Å². The Balaban J connectivity index is 2.52. The molecule has 3 nitrogen and oxygen atoms in total. The number of aromatic nitrogens is 1. The van der Waals surface area contributed by atoms with Crippen molar-refractivity contribution in [3.05, 3.63) is 17.5 Å². The molecule has 12 heavy (non-hydrogen) atoms. The Morgan fingerprint density at radius 1 is 1.58 bits per heavy atom. The van der Waals surface area contributed by atoms with Gasteiger partial charge >= 0.3 is 0 Å². The first-order valence-electron chi connectivity index (χ1n) is 4.20. The molecular weight excluding hydrogens is 154 g/mol. The molecule has 0 bridgehead atoms. The van der Waals surface area contributed by atoms with Crippen LogP contribution in [0.3, 0.4) is 0 Å². The summed E-state index contributed by atoms with van der Waals surface area (Å²) in [7, 11) is 0. The zero-order valence-corrected chi connectivity index (χ0v) is 7.74. The summed E-state index contributed by atoms with van der Waals surface area (Å²) in [6, 6.07) is 1.85. The van der Waals surface area contributed by atoms with E-state index in [0.717, 1.165) is 11.5 Å². The van der Waals surface area contributed by atoms with Crippen LogP contribution in [0.25, 0.3) is 0 Å². The van der Waals surface area contributed by atoms with Gasteiger partial charge < -0.3 is 9.63 Å². The largest absolute Gasteiger partial charge is 0.392 e. The zero-order chi connectivity index (χ0) is 9.14. The molecule has 1 N–H and O–H groups in total. The molecule has 0 aliphatic heterocycles. The Morgan fingerprint density at radius 3 is 2.67 bits per heavy atom. The predicted octanol–water partition coefficient (Wildman–Crippen LogP) is 1.54. The van der Waals surface area contributed by atoms with E-state index < -0.39 is 0 Å². The lowest BCUT2D eigenvalue weighted by Gasteiger charge is -2.11. The summed E-state index contributed by atoms with van der Waals surface area (Å²) in [5.74, 6) is 1.02. The summed E-state index contributed by atoms with van der Waals surface area (Å²) in [6.45, 7) is 5.83. The summed E-state index contributed by atoms with van der Waals surface area (Å²) >= 11 is 0. The maximum Gasteiger partial charge on any atom is 0.139 e. The normalized spacial score (nSPS) is 13.8. The minimum Gasteiger partial charge on any atom is -0.392 e. The smallest absolute Gasteiger partial charge is 0.139 e. The van der Waals surface area contributed by atoms with E-state index in [1.54, 1.807) is 0 Å². The average molecular weight is 169 g/mol. The zero-order valence-electron chi connectivity index (χ0n) is 7.74. The summed E-state index contributed by atoms with van der Waals surface area (Å²) in [5, 5.41) is 13.2. The minimum absolute atomic E-state index is 0.260. The van der Waals surface area contributed by atoms with Crippen LogP contribution in [0, 0.1) is 12.8 Å². The number of hydrogen-bond donors (Lipinski definition) is 1. The van der Waals surface area contributed by atoms with Crippen molar-refractivity contribution in [1.29, 1.82) is 0 Å². The molecule has 1 unspecified atom stereocenters. The molecular formula is C9H15NO2. The molecule has 0 aliphatic carbocycles. The highest BCUT2D eigenvalue weighted by Gasteiger charge is 2.12. The van der Waals surface area contributed by atoms with Crippen LogP contribution in [0.15, 0.2) is 10.6 Å². The molecule has 0 aliphatic rings. The number of aliphatic hydroxyl groups excluding tert-OH is 1. The molecule has 0 aromatic carbocycles. The van der Waals surface area contributed by atoms with Gasteiger partial charge in [0.2, 0.25) is 0 Å². The van der Waals surface area contributed by atoms with Gasteiger partial charge in [-0.15, -0.1) is 0 Å². The molecule has 1 rings (SSSR count). The fourth-order valence-corrected chi connectivity index (χ4v) is 0.954. The molecule has 0 amide bonds. The lowest BCUT2D eigenvalue weighted by atomic mass is 10.0. The molecule has 0 saturated heterocycles. The van der Waals surface area contributed by atoms with E-state index in [-0.39, 0.29) is 12.0 Å². The van der Waals surface area contributed by atoms with Crippen LogP contribution < -0.4 is 0 Å². The SMILES string of the molecule is Cc1cc(CC(O)C(C)C)on1. The van der Waals surface area contributed by atoms with E-state index in [0.29, 0.717) is 6.42 Å². The van der Waals surface area contributed by atoms with Gasteiger partial charge in [0.05, 0.1) is 11.8 Å². The second kappa shape index (κ2) is 3.72. The van der Waals surface area contributed by atoms with Crippen LogP contribution in [-0.2, 0) is 6.42 Å². The summed E-state index contributed by atoms with van der Waals surface area (Å²) < 4.78 is 4.98. The summed E-state index contributed by atoms with van der Waals surface area (Å²) in [5.41, 5.74) is 0.862. The van der Waals surface area contributed by atoms with E-state index in [4.69, 9.17) is 4.52 Å². The second-order valence-corrected chi connectivity index (χ2v) is 3.45. The number of aryl methyl sites for hydroxylation is 1. The number of rotatable bonds is 3. The van der Waals surface area contributed by atoms with E-state index in [2.05, 4.69) is 5.16 Å². The van der Waals surface area contributed by atoms with Gasteiger partial charge in [0.25, 0.3) is 0 Å². The fourth-order valence-electron chi connectivity index (χ4n) is 0.954. The highest BCUT2D eigenvalue weighted by atomic mass is 16.5. The fraction of sp³-hybridized carbons (Fsp3) is 0.667. The van der Waals surface area contributed by atoms with E-state index in [1.165, 1.54) is 0 Å². The molecule has 1 aromatic heterocycles. The van der Waals surface area contributed by atoms with Gasteiger partial charge in [0.15, 0.2) is 0 Å². The molecule has 1 aromatic rings. The van der Waals surface area contributed by atoms with E-state index in [9.17, 15) is 5.11 Å². The van der Waals surface area contributed by atoms with Crippen molar-refractivity contribution in [2.45, 2.75) is 33.3 Å². The highest BCUT2D eigenvalue weighted by Crippen LogP contribution is 2.10. The van der Waals surface area contributed by atoms with Gasteiger partial charge in [0.1, 0.15) is 5.76 Å². The number of nitrogens with zero attached hydrogens (tertiary/aromatic N) is 1. The van der Waals surface area contributed by atoms with Crippen LogP contribution in [0.1, 0.15) is 25.3 Å². The van der Waals surface area contributed by atoms with Crippen LogP contribution in [0.2, 0.25) is 0 Å². The van der Waals surface area contributed by atoms with E-state index in [1.807, 2.05) is 26.8 Å². The van der Waals surface area contributed by atoms with Gasteiger partial charge in [0, 0.05) is 12.5 Å². The minimum atomic E-state index is -0.336. The molecule has 1 atom stereocenters. The van der Waals surface area contributed by atoms with Gasteiger partial charge in [-0.05, 0) is 12.8 Å². The van der Waals surface area contributed by atoms with E-state index >= 15 is 0 Å². The number of aliphatic hydroxyl groups is 1. The first-order valence-corrected chi connectivity index (χ1v) is 4.20. The van der Waals surface area contributed by atoms with Crippen molar-refractivity contribution < 1.29 is 9.63 Å². The topological polar surface area (TPSA) is 46.3 Å². The van der Waals surface area contributed by atoms with Crippen LogP contribution >= 0.6 is 0 Å².